The van der Waals surface area contributed by atoms with Gasteiger partial charge < -0.3 is 15.1 Å². The Morgan fingerprint density at radius 3 is 2.77 bits per heavy atom. The molecule has 4 atom stereocenters. The van der Waals surface area contributed by atoms with Gasteiger partial charge in [0.25, 0.3) is 0 Å². The lowest BCUT2D eigenvalue weighted by Crippen LogP contribution is -2.51. The molecule has 1 saturated carbocycles. The molecule has 0 spiro atoms. The SMILES string of the molecule is CC12CC1(C)C1N(C3=CNC=NC3N1c1ccncc1)c1ccccc12. The number of benzene rings is 1. The number of pyridine rings is 1. The fraction of sp³-hybridized carbons (Fsp3) is 0.333. The van der Waals surface area contributed by atoms with Crippen LogP contribution in [-0.2, 0) is 5.41 Å². The predicted octanol–water partition coefficient (Wildman–Crippen LogP) is 3.21. The lowest BCUT2D eigenvalue weighted by atomic mass is 9.81. The van der Waals surface area contributed by atoms with Gasteiger partial charge in [-0.3, -0.25) is 4.98 Å². The van der Waals surface area contributed by atoms with E-state index in [4.69, 9.17) is 4.99 Å². The van der Waals surface area contributed by atoms with E-state index in [1.165, 1.54) is 29.1 Å². The molecular formula is C21H21N5. The van der Waals surface area contributed by atoms with E-state index in [1.54, 1.807) is 6.34 Å². The zero-order valence-electron chi connectivity index (χ0n) is 14.9. The zero-order chi connectivity index (χ0) is 17.5. The number of anilines is 2. The molecule has 0 bridgehead atoms. The van der Waals surface area contributed by atoms with Gasteiger partial charge in [-0.1, -0.05) is 32.0 Å². The molecule has 4 heterocycles. The molecule has 2 aromatic rings. The van der Waals surface area contributed by atoms with Gasteiger partial charge in [0.05, 0.1) is 12.0 Å². The van der Waals surface area contributed by atoms with E-state index in [-0.39, 0.29) is 23.2 Å². The van der Waals surface area contributed by atoms with Crippen molar-refractivity contribution in [3.63, 3.8) is 0 Å². The molecule has 1 N–H and O–H groups in total. The average Bonchev–Trinajstić information content (AvgIpc) is 3.11. The molecule has 1 aliphatic carbocycles. The summed E-state index contributed by atoms with van der Waals surface area (Å²) in [6, 6.07) is 13.1. The van der Waals surface area contributed by atoms with Gasteiger partial charge in [0.1, 0.15) is 6.17 Å². The largest absolute Gasteiger partial charge is 0.351 e. The maximum absolute atomic E-state index is 4.81. The van der Waals surface area contributed by atoms with Crippen molar-refractivity contribution in [3.8, 4) is 0 Å². The number of hydrogen-bond acceptors (Lipinski definition) is 5. The molecule has 3 aliphatic heterocycles. The third-order valence-corrected chi connectivity index (χ3v) is 6.98. The van der Waals surface area contributed by atoms with E-state index >= 15 is 0 Å². The highest BCUT2D eigenvalue weighted by molar-refractivity contribution is 5.77. The lowest BCUT2D eigenvalue weighted by Gasteiger charge is -2.44. The van der Waals surface area contributed by atoms with Crippen LogP contribution in [0, 0.1) is 5.41 Å². The molecule has 5 heteroatoms. The first-order valence-corrected chi connectivity index (χ1v) is 9.20. The van der Waals surface area contributed by atoms with Gasteiger partial charge in [-0.15, -0.1) is 0 Å². The zero-order valence-corrected chi connectivity index (χ0v) is 14.9. The van der Waals surface area contributed by atoms with E-state index in [2.05, 4.69) is 76.5 Å². The second-order valence-electron chi connectivity index (χ2n) is 8.19. The van der Waals surface area contributed by atoms with Crippen molar-refractivity contribution >= 4 is 17.7 Å². The molecule has 130 valence electrons. The first-order valence-electron chi connectivity index (χ1n) is 9.20. The molecule has 1 saturated heterocycles. The summed E-state index contributed by atoms with van der Waals surface area (Å²) in [6.07, 6.45) is 9.10. The second kappa shape index (κ2) is 4.47. The molecule has 5 nitrogen and oxygen atoms in total. The van der Waals surface area contributed by atoms with Crippen molar-refractivity contribution in [2.24, 2.45) is 10.4 Å². The van der Waals surface area contributed by atoms with Crippen LogP contribution in [-0.4, -0.2) is 23.7 Å². The Balaban J connectivity index is 1.62. The molecular weight excluding hydrogens is 322 g/mol. The van der Waals surface area contributed by atoms with Gasteiger partial charge in [-0.25, -0.2) is 4.99 Å². The van der Waals surface area contributed by atoms with Crippen LogP contribution in [0.3, 0.4) is 0 Å². The monoisotopic (exact) mass is 343 g/mol. The first-order chi connectivity index (χ1) is 12.7. The number of aliphatic imine (C=N–C) groups is 1. The Morgan fingerprint density at radius 2 is 1.92 bits per heavy atom. The first kappa shape index (κ1) is 14.4. The maximum Gasteiger partial charge on any atom is 0.167 e. The summed E-state index contributed by atoms with van der Waals surface area (Å²) < 4.78 is 0. The molecule has 1 aromatic heterocycles. The average molecular weight is 343 g/mol. The molecule has 26 heavy (non-hydrogen) atoms. The van der Waals surface area contributed by atoms with Crippen LogP contribution in [0.25, 0.3) is 0 Å². The van der Waals surface area contributed by atoms with Gasteiger partial charge in [0, 0.05) is 40.8 Å². The van der Waals surface area contributed by atoms with E-state index < -0.39 is 0 Å². The number of nitrogens with one attached hydrogen (secondary N) is 1. The third-order valence-electron chi connectivity index (χ3n) is 6.98. The van der Waals surface area contributed by atoms with Crippen LogP contribution in [0.15, 0.2) is 65.7 Å². The Labute approximate surface area is 153 Å². The molecule has 1 aromatic carbocycles. The number of aromatic nitrogens is 1. The van der Waals surface area contributed by atoms with Gasteiger partial charge in [0.2, 0.25) is 0 Å². The van der Waals surface area contributed by atoms with Crippen LogP contribution >= 0.6 is 0 Å². The Bertz CT molecular complexity index is 967. The van der Waals surface area contributed by atoms with Gasteiger partial charge in [-0.05, 0) is 30.2 Å². The Kier molecular flexibility index (Phi) is 2.47. The number of hydrogen-bond donors (Lipinski definition) is 1. The summed E-state index contributed by atoms with van der Waals surface area (Å²) in [4.78, 5) is 14.0. The van der Waals surface area contributed by atoms with E-state index in [9.17, 15) is 0 Å². The second-order valence-corrected chi connectivity index (χ2v) is 8.19. The molecule has 4 aliphatic rings. The number of rotatable bonds is 1. The van der Waals surface area contributed by atoms with Crippen molar-refractivity contribution in [1.82, 2.24) is 10.3 Å². The Hall–Kier alpha value is -2.82. The highest BCUT2D eigenvalue weighted by Crippen LogP contribution is 2.73. The number of fused-ring (bicyclic) bond motifs is 8. The highest BCUT2D eigenvalue weighted by atomic mass is 15.5. The Morgan fingerprint density at radius 1 is 1.12 bits per heavy atom. The van der Waals surface area contributed by atoms with E-state index in [0.29, 0.717) is 0 Å². The standard InChI is InChI=1S/C21H21N5/c1-20-12-21(20,2)19-25(14-7-9-22-10-8-14)18-17(11-23-13-24-18)26(19)16-6-4-3-5-15(16)20/h3-11,13,18-19H,12H2,1-2H3,(H,23,24). The van der Waals surface area contributed by atoms with Crippen LogP contribution in [0.5, 0.6) is 0 Å². The van der Waals surface area contributed by atoms with Gasteiger partial charge >= 0.3 is 0 Å². The summed E-state index contributed by atoms with van der Waals surface area (Å²) in [6.45, 7) is 4.86. The van der Waals surface area contributed by atoms with Crippen LogP contribution in [0.1, 0.15) is 25.8 Å². The molecule has 6 rings (SSSR count). The maximum atomic E-state index is 4.81. The van der Waals surface area contributed by atoms with Crippen LogP contribution in [0.4, 0.5) is 11.4 Å². The van der Waals surface area contributed by atoms with Crippen LogP contribution in [0.2, 0.25) is 0 Å². The van der Waals surface area contributed by atoms with Crippen molar-refractivity contribution in [1.29, 1.82) is 0 Å². The highest BCUT2D eigenvalue weighted by Gasteiger charge is 2.73. The fourth-order valence-electron chi connectivity index (χ4n) is 5.48. The van der Waals surface area contributed by atoms with Crippen LogP contribution < -0.4 is 15.1 Å². The quantitative estimate of drug-likeness (QED) is 0.863. The van der Waals surface area contributed by atoms with Crippen molar-refractivity contribution in [3.05, 3.63) is 66.3 Å². The third kappa shape index (κ3) is 1.49. The summed E-state index contributed by atoms with van der Waals surface area (Å²) in [7, 11) is 0. The number of para-hydroxylation sites is 1. The van der Waals surface area contributed by atoms with Crippen molar-refractivity contribution < 1.29 is 0 Å². The van der Waals surface area contributed by atoms with Gasteiger partial charge in [0.15, 0.2) is 6.17 Å². The minimum absolute atomic E-state index is 0.00326. The molecule has 0 radical (unpaired) electrons. The van der Waals surface area contributed by atoms with Crippen molar-refractivity contribution in [2.75, 3.05) is 9.80 Å². The molecule has 2 fully saturated rings. The molecule has 4 unspecified atom stereocenters. The van der Waals surface area contributed by atoms with Crippen molar-refractivity contribution in [2.45, 2.75) is 38.0 Å². The summed E-state index contributed by atoms with van der Waals surface area (Å²) in [5.41, 5.74) is 5.57. The predicted molar refractivity (Wildman–Crippen MR) is 103 cm³/mol. The topological polar surface area (TPSA) is 43.8 Å². The smallest absolute Gasteiger partial charge is 0.167 e. The minimum atomic E-state index is -0.00326. The van der Waals surface area contributed by atoms with E-state index in [0.717, 1.165) is 0 Å². The normalized spacial score (nSPS) is 35.7. The molecule has 0 amide bonds. The fourth-order valence-corrected chi connectivity index (χ4v) is 5.48. The minimum Gasteiger partial charge on any atom is -0.351 e. The summed E-state index contributed by atoms with van der Waals surface area (Å²) >= 11 is 0. The summed E-state index contributed by atoms with van der Waals surface area (Å²) in [5.74, 6) is 0. The van der Waals surface area contributed by atoms with Gasteiger partial charge in [-0.2, -0.15) is 0 Å². The van der Waals surface area contributed by atoms with E-state index in [1.807, 2.05) is 12.4 Å². The lowest BCUT2D eigenvalue weighted by molar-refractivity contribution is 0.362. The number of nitrogens with zero attached hydrogens (tertiary/aromatic N) is 4. The summed E-state index contributed by atoms with van der Waals surface area (Å²) in [5, 5.41) is 3.21.